The Hall–Kier alpha value is -2.88. The molecule has 1 rings (SSSR count). The highest BCUT2D eigenvalue weighted by molar-refractivity contribution is 5.92. The number of benzene rings is 1. The molecule has 0 atom stereocenters. The molecule has 0 bridgehead atoms. The number of carbonyl (C=O) groups excluding carboxylic acids is 1. The highest BCUT2D eigenvalue weighted by atomic mass is 16.1. The van der Waals surface area contributed by atoms with Gasteiger partial charge >= 0.3 is 0 Å². The van der Waals surface area contributed by atoms with Crippen molar-refractivity contribution in [1.82, 2.24) is 4.90 Å². The maximum Gasteiger partial charge on any atom is 0.225 e. The summed E-state index contributed by atoms with van der Waals surface area (Å²) in [6.07, 6.45) is 0.156. The molecule has 0 radical (unpaired) electrons. The van der Waals surface area contributed by atoms with Crippen LogP contribution in [-0.2, 0) is 4.79 Å². The van der Waals surface area contributed by atoms with Crippen LogP contribution in [0.4, 0.5) is 5.69 Å². The number of nitrogens with one attached hydrogen (secondary N) is 1. The molecule has 0 aliphatic carbocycles. The van der Waals surface area contributed by atoms with Gasteiger partial charge in [-0.1, -0.05) is 12.1 Å². The number of para-hydroxylation sites is 1. The molecule has 1 aromatic carbocycles. The number of nitrogens with zero attached hydrogens (tertiary/aromatic N) is 4. The first-order valence-electron chi connectivity index (χ1n) is 5.96. The Balaban J connectivity index is 2.54. The molecular weight excluding hydrogens is 254 g/mol. The molecule has 0 aromatic heterocycles. The minimum absolute atomic E-state index is 0.107. The number of hydrogen-bond donors (Lipinski definition) is 1. The van der Waals surface area contributed by atoms with Gasteiger partial charge in [0.1, 0.15) is 6.07 Å². The van der Waals surface area contributed by atoms with Crippen LogP contribution < -0.4 is 5.32 Å². The second-order valence-electron chi connectivity index (χ2n) is 3.98. The topological polar surface area (TPSA) is 104 Å². The monoisotopic (exact) mass is 267 g/mol. The first-order chi connectivity index (χ1) is 9.71. The van der Waals surface area contributed by atoms with Crippen LogP contribution in [-0.4, -0.2) is 30.4 Å². The van der Waals surface area contributed by atoms with Gasteiger partial charge in [-0.3, -0.25) is 9.69 Å². The van der Waals surface area contributed by atoms with Crippen LogP contribution in [0.5, 0.6) is 0 Å². The summed E-state index contributed by atoms with van der Waals surface area (Å²) in [6.45, 7) is 0.535. The Morgan fingerprint density at radius 1 is 1.15 bits per heavy atom. The normalized spacial score (nSPS) is 9.30. The van der Waals surface area contributed by atoms with Gasteiger partial charge < -0.3 is 5.32 Å². The van der Waals surface area contributed by atoms with Gasteiger partial charge in [0.05, 0.1) is 36.5 Å². The molecule has 0 heterocycles. The lowest BCUT2D eigenvalue weighted by molar-refractivity contribution is -0.116. The van der Waals surface area contributed by atoms with E-state index in [4.69, 9.17) is 15.8 Å². The van der Waals surface area contributed by atoms with Crippen molar-refractivity contribution in [2.24, 2.45) is 0 Å². The first-order valence-corrected chi connectivity index (χ1v) is 5.96. The van der Waals surface area contributed by atoms with Crippen molar-refractivity contribution in [2.75, 3.05) is 25.0 Å². The molecule has 0 saturated carbocycles. The second-order valence-corrected chi connectivity index (χ2v) is 3.98. The fourth-order valence-electron chi connectivity index (χ4n) is 1.58. The fraction of sp³-hybridized carbons (Fsp3) is 0.286. The van der Waals surface area contributed by atoms with E-state index in [1.807, 2.05) is 18.2 Å². The summed E-state index contributed by atoms with van der Waals surface area (Å²) in [6, 6.07) is 12.6. The Bertz CT molecular complexity index is 575. The van der Waals surface area contributed by atoms with Gasteiger partial charge in [-0.2, -0.15) is 15.8 Å². The number of rotatable bonds is 6. The van der Waals surface area contributed by atoms with E-state index in [1.165, 1.54) is 0 Å². The summed E-state index contributed by atoms with van der Waals surface area (Å²) in [5, 5.41) is 28.7. The van der Waals surface area contributed by atoms with Crippen molar-refractivity contribution < 1.29 is 4.79 Å². The van der Waals surface area contributed by atoms with Crippen molar-refractivity contribution in [2.45, 2.75) is 6.42 Å². The maximum atomic E-state index is 11.8. The largest absolute Gasteiger partial charge is 0.325 e. The lowest BCUT2D eigenvalue weighted by Gasteiger charge is -2.14. The predicted molar refractivity (Wildman–Crippen MR) is 72.1 cm³/mol. The lowest BCUT2D eigenvalue weighted by atomic mass is 10.2. The van der Waals surface area contributed by atoms with E-state index in [9.17, 15) is 4.79 Å². The first kappa shape index (κ1) is 15.2. The maximum absolute atomic E-state index is 11.8. The molecule has 6 nitrogen and oxygen atoms in total. The third-order valence-corrected chi connectivity index (χ3v) is 2.57. The molecule has 6 heteroatoms. The average molecular weight is 267 g/mol. The molecular formula is C14H13N5O. The van der Waals surface area contributed by atoms with Crippen LogP contribution in [0.1, 0.15) is 12.0 Å². The number of anilines is 1. The lowest BCUT2D eigenvalue weighted by Crippen LogP contribution is -2.28. The van der Waals surface area contributed by atoms with Gasteiger partial charge in [-0.25, -0.2) is 0 Å². The van der Waals surface area contributed by atoms with Crippen molar-refractivity contribution in [3.8, 4) is 18.2 Å². The Kier molecular flexibility index (Phi) is 6.27. The number of hydrogen-bond acceptors (Lipinski definition) is 5. The van der Waals surface area contributed by atoms with Gasteiger partial charge in [-0.05, 0) is 12.1 Å². The molecule has 0 unspecified atom stereocenters. The molecule has 0 spiro atoms. The van der Waals surface area contributed by atoms with E-state index < -0.39 is 0 Å². The summed E-state index contributed by atoms with van der Waals surface area (Å²) in [5.41, 5.74) is 0.860. The Morgan fingerprint density at radius 2 is 1.80 bits per heavy atom. The van der Waals surface area contributed by atoms with Crippen LogP contribution in [0, 0.1) is 34.0 Å². The van der Waals surface area contributed by atoms with Crippen LogP contribution in [0.2, 0.25) is 0 Å². The standard InChI is InChI=1S/C14H13N5O/c15-6-9-19(10-7-16)8-5-14(20)18-13-4-2-1-3-12(13)11-17/h1-4H,5,8-10H2,(H,18,20). The van der Waals surface area contributed by atoms with Gasteiger partial charge in [0.2, 0.25) is 5.91 Å². The minimum atomic E-state index is -0.256. The Morgan fingerprint density at radius 3 is 2.40 bits per heavy atom. The molecule has 1 aromatic rings. The molecule has 0 saturated heterocycles. The van der Waals surface area contributed by atoms with E-state index in [0.29, 0.717) is 17.8 Å². The second kappa shape index (κ2) is 8.26. The zero-order valence-electron chi connectivity index (χ0n) is 10.8. The van der Waals surface area contributed by atoms with Crippen molar-refractivity contribution in [3.05, 3.63) is 29.8 Å². The number of amides is 1. The quantitative estimate of drug-likeness (QED) is 0.781. The molecule has 0 fully saturated rings. The highest BCUT2D eigenvalue weighted by Gasteiger charge is 2.09. The summed E-state index contributed by atoms with van der Waals surface area (Å²) < 4.78 is 0. The Labute approximate surface area is 117 Å². The summed E-state index contributed by atoms with van der Waals surface area (Å²) in [7, 11) is 0. The van der Waals surface area contributed by atoms with Crippen LogP contribution in [0.3, 0.4) is 0 Å². The molecule has 20 heavy (non-hydrogen) atoms. The zero-order chi connectivity index (χ0) is 14.8. The number of carbonyl (C=O) groups is 1. The molecule has 100 valence electrons. The molecule has 1 amide bonds. The van der Waals surface area contributed by atoms with Gasteiger partial charge in [-0.15, -0.1) is 0 Å². The van der Waals surface area contributed by atoms with E-state index in [1.54, 1.807) is 29.2 Å². The third kappa shape index (κ3) is 4.78. The smallest absolute Gasteiger partial charge is 0.225 e. The predicted octanol–water partition coefficient (Wildman–Crippen LogP) is 1.24. The van der Waals surface area contributed by atoms with Crippen LogP contribution >= 0.6 is 0 Å². The molecule has 0 aliphatic rings. The van der Waals surface area contributed by atoms with E-state index in [-0.39, 0.29) is 25.4 Å². The third-order valence-electron chi connectivity index (χ3n) is 2.57. The fourth-order valence-corrected chi connectivity index (χ4v) is 1.58. The van der Waals surface area contributed by atoms with Gasteiger partial charge in [0, 0.05) is 13.0 Å². The van der Waals surface area contributed by atoms with Crippen LogP contribution in [0.15, 0.2) is 24.3 Å². The minimum Gasteiger partial charge on any atom is -0.325 e. The summed E-state index contributed by atoms with van der Waals surface area (Å²) >= 11 is 0. The SMILES string of the molecule is N#CCN(CC#N)CCC(=O)Nc1ccccc1C#N. The van der Waals surface area contributed by atoms with Gasteiger partial charge in [0.25, 0.3) is 0 Å². The highest BCUT2D eigenvalue weighted by Crippen LogP contribution is 2.13. The average Bonchev–Trinajstić information content (AvgIpc) is 2.46. The number of nitriles is 3. The zero-order valence-corrected chi connectivity index (χ0v) is 10.8. The molecule has 0 aliphatic heterocycles. The summed E-state index contributed by atoms with van der Waals surface area (Å²) in [5.74, 6) is -0.256. The van der Waals surface area contributed by atoms with Gasteiger partial charge in [0.15, 0.2) is 0 Å². The van der Waals surface area contributed by atoms with E-state index in [0.717, 1.165) is 0 Å². The van der Waals surface area contributed by atoms with E-state index >= 15 is 0 Å². The van der Waals surface area contributed by atoms with E-state index in [2.05, 4.69) is 5.32 Å². The van der Waals surface area contributed by atoms with Crippen molar-refractivity contribution >= 4 is 11.6 Å². The summed E-state index contributed by atoms with van der Waals surface area (Å²) in [4.78, 5) is 13.4. The molecule has 1 N–H and O–H groups in total. The van der Waals surface area contributed by atoms with Crippen molar-refractivity contribution in [1.29, 1.82) is 15.8 Å². The van der Waals surface area contributed by atoms with Crippen molar-refractivity contribution in [3.63, 3.8) is 0 Å². The van der Waals surface area contributed by atoms with Crippen LogP contribution in [0.25, 0.3) is 0 Å².